The van der Waals surface area contributed by atoms with E-state index in [0.717, 1.165) is 24.8 Å². The molecule has 1 rings (SSSR count). The maximum atomic E-state index is 11.5. The first kappa shape index (κ1) is 8.51. The highest BCUT2D eigenvalue weighted by molar-refractivity contribution is 5.87. The van der Waals surface area contributed by atoms with Crippen molar-refractivity contribution >= 4 is 5.78 Å². The van der Waals surface area contributed by atoms with E-state index in [9.17, 15) is 4.79 Å². The first-order valence-electron chi connectivity index (χ1n) is 4.26. The molecule has 1 nitrogen and oxygen atoms in total. The average Bonchev–Trinajstić information content (AvgIpc) is 1.95. The predicted octanol–water partition coefficient (Wildman–Crippen LogP) is 2.71. The second-order valence-electron chi connectivity index (χ2n) is 3.74. The lowest BCUT2D eigenvalue weighted by Crippen LogP contribution is -2.31. The Bertz CT molecular complexity index is 193. The van der Waals surface area contributed by atoms with E-state index < -0.39 is 0 Å². The molecule has 11 heavy (non-hydrogen) atoms. The molecule has 0 bridgehead atoms. The van der Waals surface area contributed by atoms with Crippen molar-refractivity contribution in [3.8, 4) is 0 Å². The van der Waals surface area contributed by atoms with Crippen LogP contribution in [0.5, 0.6) is 0 Å². The number of hydrogen-bond acceptors (Lipinski definition) is 1. The lowest BCUT2D eigenvalue weighted by molar-refractivity contribution is -0.128. The number of carbonyl (C=O) groups is 1. The topological polar surface area (TPSA) is 17.1 Å². The summed E-state index contributed by atoms with van der Waals surface area (Å²) in [7, 11) is 0. The van der Waals surface area contributed by atoms with Crippen LogP contribution in [0.3, 0.4) is 0 Å². The van der Waals surface area contributed by atoms with E-state index in [1.165, 1.54) is 6.42 Å². The van der Waals surface area contributed by atoms with Crippen molar-refractivity contribution in [3.05, 3.63) is 12.2 Å². The predicted molar refractivity (Wildman–Crippen MR) is 46.4 cm³/mol. The number of Topliss-reactive ketones (excluding diaryl/α,β-unsaturated/α-hetero) is 1. The largest absolute Gasteiger partial charge is 0.299 e. The number of carbonyl (C=O) groups excluding carboxylic acids is 1. The van der Waals surface area contributed by atoms with Crippen molar-refractivity contribution in [2.75, 3.05) is 0 Å². The number of hydrogen-bond donors (Lipinski definition) is 0. The van der Waals surface area contributed by atoms with E-state index in [4.69, 9.17) is 0 Å². The molecule has 0 unspecified atom stereocenters. The van der Waals surface area contributed by atoms with Crippen molar-refractivity contribution in [3.63, 3.8) is 0 Å². The van der Waals surface area contributed by atoms with E-state index in [-0.39, 0.29) is 5.41 Å². The van der Waals surface area contributed by atoms with Gasteiger partial charge in [0.25, 0.3) is 0 Å². The Labute approximate surface area is 68.5 Å². The van der Waals surface area contributed by atoms with Crippen LogP contribution < -0.4 is 0 Å². The molecule has 0 amide bonds. The van der Waals surface area contributed by atoms with Gasteiger partial charge in [-0.3, -0.25) is 4.79 Å². The van der Waals surface area contributed by atoms with Gasteiger partial charge in [-0.15, -0.1) is 0 Å². The fourth-order valence-corrected chi connectivity index (χ4v) is 1.63. The van der Waals surface area contributed by atoms with Gasteiger partial charge in [-0.05, 0) is 26.7 Å². The minimum Gasteiger partial charge on any atom is -0.299 e. The third-order valence-corrected chi connectivity index (χ3v) is 2.89. The molecule has 1 aliphatic rings. The summed E-state index contributed by atoms with van der Waals surface area (Å²) in [4.78, 5) is 11.5. The highest BCUT2D eigenvalue weighted by atomic mass is 16.1. The van der Waals surface area contributed by atoms with Crippen LogP contribution in [0, 0.1) is 5.41 Å². The zero-order valence-electron chi connectivity index (χ0n) is 7.44. The summed E-state index contributed by atoms with van der Waals surface area (Å²) in [6.07, 6.45) is 4.00. The molecule has 1 saturated carbocycles. The quantitative estimate of drug-likeness (QED) is 0.528. The Balaban J connectivity index is 2.81. The van der Waals surface area contributed by atoms with E-state index in [0.29, 0.717) is 5.78 Å². The van der Waals surface area contributed by atoms with Crippen molar-refractivity contribution in [2.45, 2.75) is 39.5 Å². The standard InChI is InChI=1S/C10H16O/c1-8(2)10(3)7-5-4-6-9(10)11/h1,4-7H2,2-3H3/t10-/m0/s1. The van der Waals surface area contributed by atoms with Crippen molar-refractivity contribution in [1.29, 1.82) is 0 Å². The molecule has 0 spiro atoms. The Hall–Kier alpha value is -0.590. The van der Waals surface area contributed by atoms with Crippen LogP contribution in [0.25, 0.3) is 0 Å². The third kappa shape index (κ3) is 1.37. The Kier molecular flexibility index (Phi) is 2.17. The summed E-state index contributed by atoms with van der Waals surface area (Å²) in [5.74, 6) is 0.385. The van der Waals surface area contributed by atoms with Crippen LogP contribution in [-0.4, -0.2) is 5.78 Å². The molecule has 62 valence electrons. The van der Waals surface area contributed by atoms with Gasteiger partial charge in [-0.25, -0.2) is 0 Å². The SMILES string of the molecule is C=C(C)[C@]1(C)CCCCC1=O. The monoisotopic (exact) mass is 152 g/mol. The zero-order chi connectivity index (χ0) is 8.48. The molecule has 0 saturated heterocycles. The van der Waals surface area contributed by atoms with Crippen LogP contribution >= 0.6 is 0 Å². The van der Waals surface area contributed by atoms with E-state index in [1.807, 2.05) is 13.8 Å². The van der Waals surface area contributed by atoms with Crippen LogP contribution in [0.1, 0.15) is 39.5 Å². The maximum Gasteiger partial charge on any atom is 0.142 e. The molecule has 0 aromatic carbocycles. The van der Waals surface area contributed by atoms with Crippen LogP contribution in [0.4, 0.5) is 0 Å². The van der Waals surface area contributed by atoms with Gasteiger partial charge >= 0.3 is 0 Å². The van der Waals surface area contributed by atoms with Crippen LogP contribution in [0.15, 0.2) is 12.2 Å². The van der Waals surface area contributed by atoms with Crippen molar-refractivity contribution < 1.29 is 4.79 Å². The fourth-order valence-electron chi connectivity index (χ4n) is 1.63. The van der Waals surface area contributed by atoms with Gasteiger partial charge < -0.3 is 0 Å². The smallest absolute Gasteiger partial charge is 0.142 e. The molecule has 1 heteroatoms. The number of rotatable bonds is 1. The maximum absolute atomic E-state index is 11.5. The molecule has 0 heterocycles. The molecule has 1 aliphatic carbocycles. The first-order chi connectivity index (χ1) is 5.07. The fraction of sp³-hybridized carbons (Fsp3) is 0.700. The van der Waals surface area contributed by atoms with Crippen molar-refractivity contribution in [1.82, 2.24) is 0 Å². The zero-order valence-corrected chi connectivity index (χ0v) is 7.44. The summed E-state index contributed by atoms with van der Waals surface area (Å²) in [6.45, 7) is 7.87. The van der Waals surface area contributed by atoms with Gasteiger partial charge in [-0.1, -0.05) is 18.6 Å². The Morgan fingerprint density at radius 3 is 2.55 bits per heavy atom. The lowest BCUT2D eigenvalue weighted by Gasteiger charge is -2.32. The van der Waals surface area contributed by atoms with Crippen LogP contribution in [-0.2, 0) is 4.79 Å². The molecule has 0 radical (unpaired) electrons. The highest BCUT2D eigenvalue weighted by Gasteiger charge is 2.35. The van der Waals surface area contributed by atoms with Gasteiger partial charge in [0, 0.05) is 11.8 Å². The second kappa shape index (κ2) is 2.80. The van der Waals surface area contributed by atoms with Gasteiger partial charge in [0.2, 0.25) is 0 Å². The second-order valence-corrected chi connectivity index (χ2v) is 3.74. The average molecular weight is 152 g/mol. The Morgan fingerprint density at radius 1 is 1.55 bits per heavy atom. The van der Waals surface area contributed by atoms with Gasteiger partial charge in [0.05, 0.1) is 0 Å². The molecule has 0 aromatic heterocycles. The molecular weight excluding hydrogens is 136 g/mol. The van der Waals surface area contributed by atoms with E-state index in [1.54, 1.807) is 0 Å². The summed E-state index contributed by atoms with van der Waals surface area (Å²) < 4.78 is 0. The Morgan fingerprint density at radius 2 is 2.18 bits per heavy atom. The number of allylic oxidation sites excluding steroid dienone is 1. The first-order valence-corrected chi connectivity index (χ1v) is 4.26. The molecule has 0 aromatic rings. The summed E-state index contributed by atoms with van der Waals surface area (Å²) >= 11 is 0. The van der Waals surface area contributed by atoms with Gasteiger partial charge in [0.1, 0.15) is 5.78 Å². The van der Waals surface area contributed by atoms with Crippen LogP contribution in [0.2, 0.25) is 0 Å². The molecular formula is C10H16O. The van der Waals surface area contributed by atoms with Gasteiger partial charge in [-0.2, -0.15) is 0 Å². The number of ketones is 1. The van der Waals surface area contributed by atoms with E-state index >= 15 is 0 Å². The summed E-state index contributed by atoms with van der Waals surface area (Å²) in [5.41, 5.74) is 0.834. The minimum absolute atomic E-state index is 0.196. The molecule has 1 fully saturated rings. The lowest BCUT2D eigenvalue weighted by atomic mass is 9.70. The highest BCUT2D eigenvalue weighted by Crippen LogP contribution is 2.37. The minimum atomic E-state index is -0.196. The van der Waals surface area contributed by atoms with E-state index in [2.05, 4.69) is 6.58 Å². The molecule has 1 atom stereocenters. The summed E-state index contributed by atoms with van der Waals surface area (Å²) in [6, 6.07) is 0. The summed E-state index contributed by atoms with van der Waals surface area (Å²) in [5, 5.41) is 0. The van der Waals surface area contributed by atoms with Crippen molar-refractivity contribution in [2.24, 2.45) is 5.41 Å². The molecule has 0 aliphatic heterocycles. The third-order valence-electron chi connectivity index (χ3n) is 2.89. The normalized spacial score (nSPS) is 32.0. The van der Waals surface area contributed by atoms with Gasteiger partial charge in [0.15, 0.2) is 0 Å². The molecule has 0 N–H and O–H groups in total.